The van der Waals surface area contributed by atoms with Crippen LogP contribution in [0, 0.1) is 6.92 Å². The summed E-state index contributed by atoms with van der Waals surface area (Å²) >= 11 is 0. The second kappa shape index (κ2) is 5.25. The Labute approximate surface area is 94.0 Å². The van der Waals surface area contributed by atoms with Gasteiger partial charge < -0.3 is 10.6 Å². The van der Waals surface area contributed by atoms with E-state index in [1.54, 1.807) is 18.8 Å². The molecule has 0 radical (unpaired) electrons. The predicted molar refractivity (Wildman–Crippen MR) is 60.0 cm³/mol. The van der Waals surface area contributed by atoms with Crippen molar-refractivity contribution in [2.24, 2.45) is 12.8 Å². The number of halogens is 2. The van der Waals surface area contributed by atoms with Crippen LogP contribution in [-0.4, -0.2) is 36.3 Å². The molecule has 92 valence electrons. The maximum Gasteiger partial charge on any atom is 0.255 e. The van der Waals surface area contributed by atoms with Gasteiger partial charge in [0.25, 0.3) is 6.43 Å². The Kier molecular flexibility index (Phi) is 4.23. The smallest absolute Gasteiger partial charge is 0.255 e. The summed E-state index contributed by atoms with van der Waals surface area (Å²) in [5, 5.41) is 4.23. The summed E-state index contributed by atoms with van der Waals surface area (Å²) in [6.45, 7) is 2.06. The minimum atomic E-state index is -2.36. The highest BCUT2D eigenvalue weighted by molar-refractivity contribution is 5.49. The Bertz CT molecular complexity index is 349. The normalized spacial score (nSPS) is 11.2. The maximum atomic E-state index is 12.3. The fourth-order valence-electron chi connectivity index (χ4n) is 1.90. The predicted octanol–water partition coefficient (Wildman–Crippen LogP) is 0.931. The molecule has 0 aliphatic carbocycles. The van der Waals surface area contributed by atoms with Gasteiger partial charge in [0, 0.05) is 19.7 Å². The first-order chi connectivity index (χ1) is 7.47. The third-order valence-electron chi connectivity index (χ3n) is 2.48. The molecule has 1 rings (SSSR count). The number of aryl methyl sites for hydroxylation is 2. The van der Waals surface area contributed by atoms with Crippen LogP contribution in [0.5, 0.6) is 0 Å². The van der Waals surface area contributed by atoms with Gasteiger partial charge in [-0.2, -0.15) is 5.10 Å². The molecule has 0 spiro atoms. The van der Waals surface area contributed by atoms with Gasteiger partial charge in [0.15, 0.2) is 0 Å². The number of anilines is 1. The summed E-state index contributed by atoms with van der Waals surface area (Å²) in [5.41, 5.74) is 7.31. The minimum absolute atomic E-state index is 0.295. The summed E-state index contributed by atoms with van der Waals surface area (Å²) in [6, 6.07) is 0. The van der Waals surface area contributed by atoms with E-state index in [9.17, 15) is 8.78 Å². The average molecular weight is 232 g/mol. The lowest BCUT2D eigenvalue weighted by atomic mass is 10.1. The Morgan fingerprint density at radius 1 is 1.50 bits per heavy atom. The summed E-state index contributed by atoms with van der Waals surface area (Å²) in [5.74, 6) is 0.725. The SMILES string of the molecule is Cc1nn(C)c(N(C)CC(F)F)c1CCN. The lowest BCUT2D eigenvalue weighted by molar-refractivity contribution is 0.156. The van der Waals surface area contributed by atoms with Crippen molar-refractivity contribution in [3.63, 3.8) is 0 Å². The van der Waals surface area contributed by atoms with Crippen LogP contribution in [0.3, 0.4) is 0 Å². The summed E-state index contributed by atoms with van der Waals surface area (Å²) in [4.78, 5) is 1.52. The Morgan fingerprint density at radius 2 is 2.12 bits per heavy atom. The number of aromatic nitrogens is 2. The lowest BCUT2D eigenvalue weighted by Crippen LogP contribution is -2.27. The summed E-state index contributed by atoms with van der Waals surface area (Å²) in [6.07, 6.45) is -1.70. The van der Waals surface area contributed by atoms with Crippen LogP contribution in [0.4, 0.5) is 14.6 Å². The zero-order valence-corrected chi connectivity index (χ0v) is 9.87. The van der Waals surface area contributed by atoms with Gasteiger partial charge in [-0.25, -0.2) is 8.78 Å². The van der Waals surface area contributed by atoms with Gasteiger partial charge >= 0.3 is 0 Å². The van der Waals surface area contributed by atoms with Crippen molar-refractivity contribution < 1.29 is 8.78 Å². The van der Waals surface area contributed by atoms with Gasteiger partial charge in [0.2, 0.25) is 0 Å². The van der Waals surface area contributed by atoms with Gasteiger partial charge in [-0.1, -0.05) is 0 Å². The van der Waals surface area contributed by atoms with E-state index in [4.69, 9.17) is 5.73 Å². The van der Waals surface area contributed by atoms with E-state index in [1.165, 1.54) is 4.90 Å². The standard InChI is InChI=1S/C10H18F2N4/c1-7-8(4-5-13)10(16(3)14-7)15(2)6-9(11)12/h9H,4-6,13H2,1-3H3. The molecule has 0 fully saturated rings. The minimum Gasteiger partial charge on any atom is -0.354 e. The van der Waals surface area contributed by atoms with E-state index in [1.807, 2.05) is 6.92 Å². The molecule has 0 amide bonds. The van der Waals surface area contributed by atoms with E-state index in [-0.39, 0.29) is 6.54 Å². The first-order valence-electron chi connectivity index (χ1n) is 5.19. The first-order valence-corrected chi connectivity index (χ1v) is 5.19. The van der Waals surface area contributed by atoms with Crippen LogP contribution in [-0.2, 0) is 13.5 Å². The van der Waals surface area contributed by atoms with Crippen LogP contribution < -0.4 is 10.6 Å². The van der Waals surface area contributed by atoms with Gasteiger partial charge in [0.05, 0.1) is 12.2 Å². The van der Waals surface area contributed by atoms with Crippen LogP contribution in [0.2, 0.25) is 0 Å². The fourth-order valence-corrected chi connectivity index (χ4v) is 1.90. The zero-order valence-electron chi connectivity index (χ0n) is 9.87. The highest BCUT2D eigenvalue weighted by atomic mass is 19.3. The molecule has 0 aliphatic rings. The molecule has 0 bridgehead atoms. The molecule has 16 heavy (non-hydrogen) atoms. The van der Waals surface area contributed by atoms with Crippen molar-refractivity contribution in [1.29, 1.82) is 0 Å². The van der Waals surface area contributed by atoms with Gasteiger partial charge in [-0.05, 0) is 19.9 Å². The second-order valence-electron chi connectivity index (χ2n) is 3.82. The molecule has 0 saturated carbocycles. The number of nitrogens with zero attached hydrogens (tertiary/aromatic N) is 3. The molecular weight excluding hydrogens is 214 g/mol. The van der Waals surface area contributed by atoms with Crippen LogP contribution >= 0.6 is 0 Å². The van der Waals surface area contributed by atoms with Crippen LogP contribution in [0.1, 0.15) is 11.3 Å². The molecule has 0 unspecified atom stereocenters. The maximum absolute atomic E-state index is 12.3. The Morgan fingerprint density at radius 3 is 2.62 bits per heavy atom. The number of alkyl halides is 2. The summed E-state index contributed by atoms with van der Waals surface area (Å²) in [7, 11) is 3.40. The molecule has 2 N–H and O–H groups in total. The third kappa shape index (κ3) is 2.69. The number of nitrogens with two attached hydrogens (primary N) is 1. The number of hydrogen-bond donors (Lipinski definition) is 1. The summed E-state index contributed by atoms with van der Waals surface area (Å²) < 4.78 is 26.3. The molecule has 0 aromatic carbocycles. The fraction of sp³-hybridized carbons (Fsp3) is 0.700. The van der Waals surface area contributed by atoms with Crippen molar-refractivity contribution in [3.05, 3.63) is 11.3 Å². The van der Waals surface area contributed by atoms with E-state index in [0.717, 1.165) is 17.1 Å². The molecule has 1 heterocycles. The first kappa shape index (κ1) is 12.9. The number of rotatable bonds is 5. The van der Waals surface area contributed by atoms with Gasteiger partial charge in [0.1, 0.15) is 5.82 Å². The topological polar surface area (TPSA) is 47.1 Å². The van der Waals surface area contributed by atoms with Crippen molar-refractivity contribution in [2.75, 3.05) is 25.0 Å². The second-order valence-corrected chi connectivity index (χ2v) is 3.82. The largest absolute Gasteiger partial charge is 0.354 e. The van der Waals surface area contributed by atoms with Crippen molar-refractivity contribution in [2.45, 2.75) is 19.8 Å². The molecule has 1 aromatic rings. The van der Waals surface area contributed by atoms with Crippen LogP contribution in [0.15, 0.2) is 0 Å². The monoisotopic (exact) mass is 232 g/mol. The van der Waals surface area contributed by atoms with E-state index >= 15 is 0 Å². The van der Waals surface area contributed by atoms with E-state index in [2.05, 4.69) is 5.10 Å². The molecule has 0 saturated heterocycles. The lowest BCUT2D eigenvalue weighted by Gasteiger charge is -2.20. The third-order valence-corrected chi connectivity index (χ3v) is 2.48. The van der Waals surface area contributed by atoms with E-state index in [0.29, 0.717) is 13.0 Å². The van der Waals surface area contributed by atoms with E-state index < -0.39 is 6.43 Å². The van der Waals surface area contributed by atoms with Crippen molar-refractivity contribution in [1.82, 2.24) is 9.78 Å². The Balaban J connectivity index is 3.00. The van der Waals surface area contributed by atoms with Gasteiger partial charge in [-0.15, -0.1) is 0 Å². The van der Waals surface area contributed by atoms with Crippen molar-refractivity contribution in [3.8, 4) is 0 Å². The van der Waals surface area contributed by atoms with Crippen LogP contribution in [0.25, 0.3) is 0 Å². The molecule has 6 heteroatoms. The molecule has 1 aromatic heterocycles. The number of hydrogen-bond acceptors (Lipinski definition) is 3. The quantitative estimate of drug-likeness (QED) is 0.821. The molecule has 0 aliphatic heterocycles. The highest BCUT2D eigenvalue weighted by Gasteiger charge is 2.18. The molecule has 0 atom stereocenters. The Hall–Kier alpha value is -1.17. The van der Waals surface area contributed by atoms with Crippen molar-refractivity contribution >= 4 is 5.82 Å². The molecule has 4 nitrogen and oxygen atoms in total. The van der Waals surface area contributed by atoms with Gasteiger partial charge in [-0.3, -0.25) is 4.68 Å². The molecular formula is C10H18F2N4. The average Bonchev–Trinajstić information content (AvgIpc) is 2.41. The zero-order chi connectivity index (χ0) is 12.3. The highest BCUT2D eigenvalue weighted by Crippen LogP contribution is 2.22.